The zero-order valence-electron chi connectivity index (χ0n) is 12.7. The smallest absolute Gasteiger partial charge is 0.323 e. The summed E-state index contributed by atoms with van der Waals surface area (Å²) < 4.78 is 17.9. The van der Waals surface area contributed by atoms with Crippen LogP contribution in [0, 0.1) is 12.7 Å². The average Bonchev–Trinajstić information content (AvgIpc) is 3.28. The molecule has 1 aromatic heterocycles. The van der Waals surface area contributed by atoms with Crippen LogP contribution in [0.4, 0.5) is 15.0 Å². The molecule has 122 valence electrons. The van der Waals surface area contributed by atoms with Crippen molar-refractivity contribution in [1.29, 1.82) is 0 Å². The Labute approximate surface area is 132 Å². The zero-order chi connectivity index (χ0) is 16.4. The van der Waals surface area contributed by atoms with Gasteiger partial charge in [-0.2, -0.15) is 0 Å². The highest BCUT2D eigenvalue weighted by molar-refractivity contribution is 5.88. The summed E-state index contributed by atoms with van der Waals surface area (Å²) in [6, 6.07) is 7.02. The molecule has 2 amide bonds. The predicted molar refractivity (Wildman–Crippen MR) is 81.3 cm³/mol. The Hall–Kier alpha value is -2.41. The number of halogens is 1. The number of carbonyl (C=O) groups is 1. The number of anilines is 1. The van der Waals surface area contributed by atoms with Gasteiger partial charge in [-0.1, -0.05) is 17.3 Å². The third kappa shape index (κ3) is 3.87. The molecule has 1 saturated carbocycles. The molecule has 0 spiro atoms. The number of nitrogens with one attached hydrogen (secondary N) is 1. The molecule has 1 atom stereocenters. The minimum absolute atomic E-state index is 0.109. The van der Waals surface area contributed by atoms with E-state index in [1.807, 2.05) is 0 Å². The zero-order valence-corrected chi connectivity index (χ0v) is 12.7. The summed E-state index contributed by atoms with van der Waals surface area (Å²) in [6.45, 7) is 1.87. The highest BCUT2D eigenvalue weighted by Gasteiger charge is 2.34. The van der Waals surface area contributed by atoms with Gasteiger partial charge in [0, 0.05) is 12.1 Å². The van der Waals surface area contributed by atoms with Crippen molar-refractivity contribution in [2.24, 2.45) is 0 Å². The normalized spacial score (nSPS) is 15.3. The number of hydrogen-bond donors (Lipinski definition) is 2. The number of carbonyl (C=O) groups excluding carboxylic acids is 1. The molecule has 1 fully saturated rings. The molecule has 1 aromatic carbocycles. The van der Waals surface area contributed by atoms with Gasteiger partial charge < -0.3 is 14.5 Å². The van der Waals surface area contributed by atoms with E-state index in [9.17, 15) is 14.3 Å². The van der Waals surface area contributed by atoms with Gasteiger partial charge in [-0.15, -0.1) is 0 Å². The molecule has 0 unspecified atom stereocenters. The van der Waals surface area contributed by atoms with Crippen molar-refractivity contribution in [3.63, 3.8) is 0 Å². The molecule has 3 rings (SSSR count). The summed E-state index contributed by atoms with van der Waals surface area (Å²) in [6.07, 6.45) is 0.934. The van der Waals surface area contributed by atoms with Crippen LogP contribution >= 0.6 is 0 Å². The Kier molecular flexibility index (Phi) is 4.29. The van der Waals surface area contributed by atoms with Gasteiger partial charge in [-0.3, -0.25) is 5.32 Å². The van der Waals surface area contributed by atoms with E-state index in [2.05, 4.69) is 10.5 Å². The monoisotopic (exact) mass is 319 g/mol. The summed E-state index contributed by atoms with van der Waals surface area (Å²) >= 11 is 0. The lowest BCUT2D eigenvalue weighted by molar-refractivity contribution is 0.123. The van der Waals surface area contributed by atoms with Gasteiger partial charge in [0.2, 0.25) is 0 Å². The number of aliphatic hydroxyl groups excluding tert-OH is 1. The van der Waals surface area contributed by atoms with Crippen LogP contribution in [0.15, 0.2) is 34.9 Å². The number of hydrogen-bond acceptors (Lipinski definition) is 4. The van der Waals surface area contributed by atoms with Crippen LogP contribution < -0.4 is 5.32 Å². The standard InChI is InChI=1S/C16H18FN3O3/c1-10-8-15(19-23-10)18-16(22)20(13-6-7-13)9-14(21)11-2-4-12(17)5-3-11/h2-5,8,13-14,21H,6-7,9H2,1H3,(H,18,19,22)/t14-/m0/s1. The van der Waals surface area contributed by atoms with E-state index >= 15 is 0 Å². The fourth-order valence-corrected chi connectivity index (χ4v) is 2.37. The van der Waals surface area contributed by atoms with Gasteiger partial charge in [-0.05, 0) is 37.5 Å². The molecule has 1 heterocycles. The maximum absolute atomic E-state index is 13.0. The Morgan fingerprint density at radius 1 is 1.48 bits per heavy atom. The van der Waals surface area contributed by atoms with E-state index in [0.29, 0.717) is 17.1 Å². The number of aryl methyl sites for hydroxylation is 1. The van der Waals surface area contributed by atoms with Gasteiger partial charge in [0.15, 0.2) is 5.82 Å². The van der Waals surface area contributed by atoms with Crippen molar-refractivity contribution in [1.82, 2.24) is 10.1 Å². The first-order valence-corrected chi connectivity index (χ1v) is 7.47. The molecule has 0 radical (unpaired) electrons. The Morgan fingerprint density at radius 3 is 2.74 bits per heavy atom. The second-order valence-corrected chi connectivity index (χ2v) is 5.70. The number of aromatic nitrogens is 1. The van der Waals surface area contributed by atoms with Crippen molar-refractivity contribution < 1.29 is 18.8 Å². The van der Waals surface area contributed by atoms with Crippen LogP contribution in [-0.2, 0) is 0 Å². The van der Waals surface area contributed by atoms with E-state index in [-0.39, 0.29) is 24.4 Å². The summed E-state index contributed by atoms with van der Waals surface area (Å²) in [5.41, 5.74) is 0.571. The maximum Gasteiger partial charge on any atom is 0.323 e. The molecule has 23 heavy (non-hydrogen) atoms. The van der Waals surface area contributed by atoms with Crippen molar-refractivity contribution in [2.75, 3.05) is 11.9 Å². The molecule has 2 N–H and O–H groups in total. The second kappa shape index (κ2) is 6.37. The van der Waals surface area contributed by atoms with Crippen molar-refractivity contribution in [2.45, 2.75) is 31.9 Å². The van der Waals surface area contributed by atoms with Gasteiger partial charge >= 0.3 is 6.03 Å². The number of aliphatic hydroxyl groups is 1. The van der Waals surface area contributed by atoms with E-state index in [4.69, 9.17) is 4.52 Å². The highest BCUT2D eigenvalue weighted by atomic mass is 19.1. The van der Waals surface area contributed by atoms with Crippen LogP contribution in [0.1, 0.15) is 30.3 Å². The fourth-order valence-electron chi connectivity index (χ4n) is 2.37. The molecule has 7 heteroatoms. The van der Waals surface area contributed by atoms with E-state index < -0.39 is 6.10 Å². The predicted octanol–water partition coefficient (Wildman–Crippen LogP) is 2.85. The minimum Gasteiger partial charge on any atom is -0.387 e. The Morgan fingerprint density at radius 2 is 2.17 bits per heavy atom. The summed E-state index contributed by atoms with van der Waals surface area (Å²) in [4.78, 5) is 14.0. The van der Waals surface area contributed by atoms with Crippen LogP contribution in [-0.4, -0.2) is 33.8 Å². The first-order valence-electron chi connectivity index (χ1n) is 7.47. The van der Waals surface area contributed by atoms with Gasteiger partial charge in [0.1, 0.15) is 11.6 Å². The molecule has 1 aliphatic rings. The van der Waals surface area contributed by atoms with Gasteiger partial charge in [0.05, 0.1) is 12.6 Å². The molecule has 6 nitrogen and oxygen atoms in total. The Bertz CT molecular complexity index is 682. The van der Waals surface area contributed by atoms with Crippen molar-refractivity contribution >= 4 is 11.8 Å². The van der Waals surface area contributed by atoms with E-state index in [1.165, 1.54) is 24.3 Å². The van der Waals surface area contributed by atoms with Crippen LogP contribution in [0.5, 0.6) is 0 Å². The van der Waals surface area contributed by atoms with Gasteiger partial charge in [0.25, 0.3) is 0 Å². The Balaban J connectivity index is 1.66. The third-order valence-electron chi connectivity index (χ3n) is 3.74. The van der Waals surface area contributed by atoms with Gasteiger partial charge in [-0.25, -0.2) is 9.18 Å². The minimum atomic E-state index is -0.874. The third-order valence-corrected chi connectivity index (χ3v) is 3.74. The van der Waals surface area contributed by atoms with Crippen molar-refractivity contribution in [3.8, 4) is 0 Å². The SMILES string of the molecule is Cc1cc(NC(=O)N(C[C@H](O)c2ccc(F)cc2)C2CC2)no1. The molecule has 0 saturated heterocycles. The average molecular weight is 319 g/mol. The molecular weight excluding hydrogens is 301 g/mol. The summed E-state index contributed by atoms with van der Waals surface area (Å²) in [5, 5.41) is 16.7. The number of rotatable bonds is 5. The largest absolute Gasteiger partial charge is 0.387 e. The van der Waals surface area contributed by atoms with Crippen LogP contribution in [0.2, 0.25) is 0 Å². The number of amides is 2. The number of urea groups is 1. The lowest BCUT2D eigenvalue weighted by atomic mass is 10.1. The van der Waals surface area contributed by atoms with Crippen LogP contribution in [0.25, 0.3) is 0 Å². The molecule has 2 aromatic rings. The quantitative estimate of drug-likeness (QED) is 0.888. The van der Waals surface area contributed by atoms with E-state index in [1.54, 1.807) is 17.9 Å². The number of benzene rings is 1. The highest BCUT2D eigenvalue weighted by Crippen LogP contribution is 2.29. The van der Waals surface area contributed by atoms with E-state index in [0.717, 1.165) is 12.8 Å². The molecule has 0 aliphatic heterocycles. The first-order chi connectivity index (χ1) is 11.0. The molecule has 1 aliphatic carbocycles. The maximum atomic E-state index is 13.0. The summed E-state index contributed by atoms with van der Waals surface area (Å²) in [5.74, 6) is 0.582. The second-order valence-electron chi connectivity index (χ2n) is 5.70. The number of nitrogens with zero attached hydrogens (tertiary/aromatic N) is 2. The topological polar surface area (TPSA) is 78.6 Å². The van der Waals surface area contributed by atoms with Crippen LogP contribution in [0.3, 0.4) is 0 Å². The van der Waals surface area contributed by atoms with Crippen molar-refractivity contribution in [3.05, 3.63) is 47.5 Å². The molecular formula is C16H18FN3O3. The first kappa shape index (κ1) is 15.5. The molecule has 0 bridgehead atoms. The fraction of sp³-hybridized carbons (Fsp3) is 0.375. The lowest BCUT2D eigenvalue weighted by Gasteiger charge is -2.25. The lowest BCUT2D eigenvalue weighted by Crippen LogP contribution is -2.39. The summed E-state index contributed by atoms with van der Waals surface area (Å²) in [7, 11) is 0.